The van der Waals surface area contributed by atoms with E-state index in [0.717, 1.165) is 5.01 Å². The van der Waals surface area contributed by atoms with Crippen molar-refractivity contribution in [3.63, 3.8) is 0 Å². The number of hydrogen-bond donors (Lipinski definition) is 0. The summed E-state index contributed by atoms with van der Waals surface area (Å²) >= 11 is 3.21. The standard InChI is InChI=1S/C16H13BrN2O3/c17-12-4-1-7(22-12)6-18-19-15(20)13-8-2-3-9(11-5-10(8)11)14(13)16(19)21/h1-4,6,8-11,13-14H,5H2/b18-6-/t8-,9-,10-,11-,13+,14+/m1/s1. The maximum Gasteiger partial charge on any atom is 0.254 e. The highest BCUT2D eigenvalue weighted by atomic mass is 79.9. The lowest BCUT2D eigenvalue weighted by Crippen LogP contribution is -2.40. The molecule has 22 heavy (non-hydrogen) atoms. The summed E-state index contributed by atoms with van der Waals surface area (Å²) in [5.41, 5.74) is 0. The van der Waals surface area contributed by atoms with Crippen LogP contribution >= 0.6 is 15.9 Å². The number of amides is 2. The number of nitrogens with zero attached hydrogens (tertiary/aromatic N) is 2. The van der Waals surface area contributed by atoms with E-state index in [4.69, 9.17) is 4.42 Å². The third kappa shape index (κ3) is 1.56. The molecule has 2 saturated carbocycles. The zero-order valence-electron chi connectivity index (χ0n) is 11.6. The Hall–Kier alpha value is -1.69. The van der Waals surface area contributed by atoms with Crippen molar-refractivity contribution >= 4 is 34.0 Å². The molecule has 1 saturated heterocycles. The van der Waals surface area contributed by atoms with Crippen molar-refractivity contribution < 1.29 is 14.0 Å². The first-order valence-corrected chi connectivity index (χ1v) is 8.30. The number of imide groups is 1. The summed E-state index contributed by atoms with van der Waals surface area (Å²) in [6.45, 7) is 0. The number of allylic oxidation sites excluding steroid dienone is 2. The zero-order chi connectivity index (χ0) is 15.0. The first-order chi connectivity index (χ1) is 10.6. The van der Waals surface area contributed by atoms with Gasteiger partial charge in [-0.3, -0.25) is 9.59 Å². The number of furan rings is 1. The fourth-order valence-corrected chi connectivity index (χ4v) is 4.89. The van der Waals surface area contributed by atoms with Gasteiger partial charge in [0.1, 0.15) is 5.76 Å². The highest BCUT2D eigenvalue weighted by Gasteiger charge is 2.67. The molecular formula is C16H13BrN2O3. The summed E-state index contributed by atoms with van der Waals surface area (Å²) in [5.74, 6) is 1.48. The van der Waals surface area contributed by atoms with Gasteiger partial charge >= 0.3 is 0 Å². The highest BCUT2D eigenvalue weighted by molar-refractivity contribution is 9.10. The fraction of sp³-hybridized carbons (Fsp3) is 0.438. The normalized spacial score (nSPS) is 41.4. The van der Waals surface area contributed by atoms with Crippen LogP contribution in [0.5, 0.6) is 0 Å². The van der Waals surface area contributed by atoms with Crippen molar-refractivity contribution in [3.05, 3.63) is 34.7 Å². The van der Waals surface area contributed by atoms with Gasteiger partial charge in [-0.1, -0.05) is 12.2 Å². The van der Waals surface area contributed by atoms with Crippen molar-refractivity contribution in [1.29, 1.82) is 0 Å². The average molecular weight is 361 g/mol. The predicted octanol–water partition coefficient (Wildman–Crippen LogP) is 2.43. The molecule has 6 heteroatoms. The molecule has 1 aliphatic heterocycles. The van der Waals surface area contributed by atoms with Gasteiger partial charge in [0.15, 0.2) is 4.67 Å². The van der Waals surface area contributed by atoms with Gasteiger partial charge in [0.25, 0.3) is 11.8 Å². The zero-order valence-corrected chi connectivity index (χ0v) is 13.1. The van der Waals surface area contributed by atoms with E-state index in [0.29, 0.717) is 22.3 Å². The van der Waals surface area contributed by atoms with E-state index in [1.54, 1.807) is 12.1 Å². The number of rotatable bonds is 2. The Kier molecular flexibility index (Phi) is 2.44. The van der Waals surface area contributed by atoms with Gasteiger partial charge in [0.2, 0.25) is 0 Å². The third-order valence-electron chi connectivity index (χ3n) is 5.53. The van der Waals surface area contributed by atoms with Crippen LogP contribution in [-0.4, -0.2) is 23.0 Å². The summed E-state index contributed by atoms with van der Waals surface area (Å²) in [4.78, 5) is 25.3. The summed E-state index contributed by atoms with van der Waals surface area (Å²) in [6.07, 6.45) is 6.90. The Labute approximate surface area is 135 Å². The molecule has 6 rings (SSSR count). The van der Waals surface area contributed by atoms with Crippen LogP contribution in [-0.2, 0) is 9.59 Å². The second kappa shape index (κ2) is 4.19. The molecule has 1 aromatic rings. The molecule has 0 aromatic carbocycles. The van der Waals surface area contributed by atoms with Crippen molar-refractivity contribution in [2.24, 2.45) is 40.6 Å². The Morgan fingerprint density at radius 3 is 2.32 bits per heavy atom. The molecule has 2 heterocycles. The Morgan fingerprint density at radius 2 is 1.77 bits per heavy atom. The SMILES string of the molecule is O=C1[C@H]2[C@@H]3C=C[C@H]([C@H]4C[C@H]34)[C@@H]2C(=O)N1/N=C\c1ccc(Br)o1. The molecule has 0 radical (unpaired) electrons. The smallest absolute Gasteiger partial charge is 0.254 e. The van der Waals surface area contributed by atoms with Crippen LogP contribution in [0, 0.1) is 35.5 Å². The van der Waals surface area contributed by atoms with E-state index >= 15 is 0 Å². The Bertz CT molecular complexity index is 716. The molecule has 3 fully saturated rings. The first-order valence-electron chi connectivity index (χ1n) is 7.50. The number of halogens is 1. The molecule has 6 atom stereocenters. The number of carbonyl (C=O) groups is 2. The minimum atomic E-state index is -0.202. The molecular weight excluding hydrogens is 348 g/mol. The van der Waals surface area contributed by atoms with Crippen LogP contribution < -0.4 is 0 Å². The molecule has 4 aliphatic carbocycles. The van der Waals surface area contributed by atoms with E-state index in [9.17, 15) is 9.59 Å². The van der Waals surface area contributed by atoms with E-state index in [1.807, 2.05) is 0 Å². The van der Waals surface area contributed by atoms with Crippen molar-refractivity contribution in [2.75, 3.05) is 0 Å². The summed E-state index contributed by atoms with van der Waals surface area (Å²) in [7, 11) is 0. The third-order valence-corrected chi connectivity index (χ3v) is 5.96. The molecule has 0 N–H and O–H groups in total. The molecule has 0 spiro atoms. The Balaban J connectivity index is 1.46. The average Bonchev–Trinajstić information content (AvgIpc) is 3.19. The number of hydrazone groups is 1. The number of hydrogen-bond acceptors (Lipinski definition) is 4. The first kappa shape index (κ1) is 12.8. The topological polar surface area (TPSA) is 62.9 Å². The van der Waals surface area contributed by atoms with Gasteiger partial charge in [-0.05, 0) is 58.2 Å². The molecule has 2 bridgehead atoms. The molecule has 5 nitrogen and oxygen atoms in total. The minimum Gasteiger partial charge on any atom is -0.448 e. The second-order valence-electron chi connectivity index (χ2n) is 6.53. The van der Waals surface area contributed by atoms with Gasteiger partial charge in [0, 0.05) is 0 Å². The molecule has 112 valence electrons. The van der Waals surface area contributed by atoms with Crippen LogP contribution in [0.15, 0.2) is 38.5 Å². The van der Waals surface area contributed by atoms with Gasteiger partial charge in [-0.25, -0.2) is 0 Å². The van der Waals surface area contributed by atoms with Crippen molar-refractivity contribution in [1.82, 2.24) is 5.01 Å². The van der Waals surface area contributed by atoms with E-state index in [1.165, 1.54) is 12.6 Å². The molecule has 1 aromatic heterocycles. The Morgan fingerprint density at radius 1 is 1.14 bits per heavy atom. The van der Waals surface area contributed by atoms with Crippen LogP contribution in [0.25, 0.3) is 0 Å². The second-order valence-corrected chi connectivity index (χ2v) is 7.31. The van der Waals surface area contributed by atoms with Crippen LogP contribution in [0.4, 0.5) is 0 Å². The van der Waals surface area contributed by atoms with Crippen LogP contribution in [0.3, 0.4) is 0 Å². The minimum absolute atomic E-state index is 0.151. The predicted molar refractivity (Wildman–Crippen MR) is 80.6 cm³/mol. The lowest BCUT2D eigenvalue weighted by molar-refractivity contribution is -0.140. The van der Waals surface area contributed by atoms with Crippen LogP contribution in [0.1, 0.15) is 12.2 Å². The maximum atomic E-state index is 12.6. The maximum absolute atomic E-state index is 12.6. The number of carbonyl (C=O) groups excluding carboxylic acids is 2. The van der Waals surface area contributed by atoms with E-state index in [2.05, 4.69) is 33.2 Å². The van der Waals surface area contributed by atoms with Crippen molar-refractivity contribution in [2.45, 2.75) is 6.42 Å². The van der Waals surface area contributed by atoms with Gasteiger partial charge in [-0.2, -0.15) is 10.1 Å². The molecule has 2 amide bonds. The fourth-order valence-electron chi connectivity index (χ4n) is 4.57. The van der Waals surface area contributed by atoms with E-state index in [-0.39, 0.29) is 35.5 Å². The molecule has 0 unspecified atom stereocenters. The monoisotopic (exact) mass is 360 g/mol. The van der Waals surface area contributed by atoms with E-state index < -0.39 is 0 Å². The summed E-state index contributed by atoms with van der Waals surface area (Å²) < 4.78 is 5.90. The van der Waals surface area contributed by atoms with Gasteiger partial charge in [0.05, 0.1) is 18.1 Å². The quantitative estimate of drug-likeness (QED) is 0.462. The highest BCUT2D eigenvalue weighted by Crippen LogP contribution is 2.65. The molecule has 5 aliphatic rings. The summed E-state index contributed by atoms with van der Waals surface area (Å²) in [6, 6.07) is 3.47. The lowest BCUT2D eigenvalue weighted by Gasteiger charge is -2.37. The van der Waals surface area contributed by atoms with Gasteiger partial charge < -0.3 is 4.42 Å². The summed E-state index contributed by atoms with van der Waals surface area (Å²) in [5, 5.41) is 5.16. The van der Waals surface area contributed by atoms with Crippen LogP contribution in [0.2, 0.25) is 0 Å². The lowest BCUT2D eigenvalue weighted by atomic mass is 9.63. The largest absolute Gasteiger partial charge is 0.448 e. The van der Waals surface area contributed by atoms with Gasteiger partial charge in [-0.15, -0.1) is 0 Å². The van der Waals surface area contributed by atoms with Crippen molar-refractivity contribution in [3.8, 4) is 0 Å².